The molecule has 4 nitrogen and oxygen atoms in total. The van der Waals surface area contributed by atoms with Gasteiger partial charge >= 0.3 is 0 Å². The lowest BCUT2D eigenvalue weighted by Gasteiger charge is -2.15. The quantitative estimate of drug-likeness (QED) is 0.874. The molecule has 0 amide bonds. The van der Waals surface area contributed by atoms with Gasteiger partial charge in [0.25, 0.3) is 0 Å². The molecule has 4 heteroatoms. The summed E-state index contributed by atoms with van der Waals surface area (Å²) < 4.78 is 5.74. The van der Waals surface area contributed by atoms with Crippen molar-refractivity contribution in [2.45, 2.75) is 63.7 Å². The number of hydrogen-bond donors (Lipinski definition) is 1. The van der Waals surface area contributed by atoms with Gasteiger partial charge in [-0.3, -0.25) is 0 Å². The van der Waals surface area contributed by atoms with Crippen LogP contribution in [-0.4, -0.2) is 16.7 Å². The van der Waals surface area contributed by atoms with Crippen LogP contribution in [0.25, 0.3) is 0 Å². The van der Waals surface area contributed by atoms with E-state index in [0.717, 1.165) is 24.6 Å². The summed E-state index contributed by atoms with van der Waals surface area (Å²) in [6.45, 7) is 0.682. The lowest BCUT2D eigenvalue weighted by Crippen LogP contribution is -2.02. The van der Waals surface area contributed by atoms with Crippen LogP contribution >= 0.6 is 0 Å². The van der Waals surface area contributed by atoms with Crippen LogP contribution in [0.3, 0.4) is 0 Å². The van der Waals surface area contributed by atoms with Crippen molar-refractivity contribution >= 4 is 0 Å². The van der Waals surface area contributed by atoms with Crippen molar-refractivity contribution < 1.29 is 4.42 Å². The summed E-state index contributed by atoms with van der Waals surface area (Å²) >= 11 is 0. The van der Waals surface area contributed by atoms with E-state index in [0.29, 0.717) is 12.5 Å². The molecule has 17 heavy (non-hydrogen) atoms. The molecule has 0 bridgehead atoms. The van der Waals surface area contributed by atoms with E-state index in [4.69, 9.17) is 10.2 Å². The van der Waals surface area contributed by atoms with Crippen molar-refractivity contribution in [2.24, 2.45) is 5.73 Å². The Bertz CT molecular complexity index is 316. The zero-order valence-corrected chi connectivity index (χ0v) is 10.5. The molecule has 96 valence electrons. The van der Waals surface area contributed by atoms with Crippen LogP contribution in [0.15, 0.2) is 4.42 Å². The molecule has 1 aliphatic carbocycles. The van der Waals surface area contributed by atoms with Gasteiger partial charge in [-0.25, -0.2) is 0 Å². The first kappa shape index (κ1) is 12.6. The molecular formula is C13H23N3O. The summed E-state index contributed by atoms with van der Waals surface area (Å²) in [5, 5.41) is 8.32. The molecule has 1 aliphatic rings. The highest BCUT2D eigenvalue weighted by Gasteiger charge is 2.19. The van der Waals surface area contributed by atoms with Gasteiger partial charge in [-0.05, 0) is 25.8 Å². The van der Waals surface area contributed by atoms with Gasteiger partial charge in [0.05, 0.1) is 0 Å². The predicted molar refractivity (Wildman–Crippen MR) is 66.7 cm³/mol. The first-order valence-corrected chi connectivity index (χ1v) is 6.92. The summed E-state index contributed by atoms with van der Waals surface area (Å²) in [5.41, 5.74) is 5.47. The van der Waals surface area contributed by atoms with E-state index in [9.17, 15) is 0 Å². The van der Waals surface area contributed by atoms with Crippen LogP contribution in [0.4, 0.5) is 0 Å². The zero-order chi connectivity index (χ0) is 11.9. The zero-order valence-electron chi connectivity index (χ0n) is 10.5. The Labute approximate surface area is 103 Å². The van der Waals surface area contributed by atoms with E-state index in [1.165, 1.54) is 44.9 Å². The Morgan fingerprint density at radius 2 is 1.76 bits per heavy atom. The molecule has 1 fully saturated rings. The van der Waals surface area contributed by atoms with E-state index in [2.05, 4.69) is 10.2 Å². The fraction of sp³-hybridized carbons (Fsp3) is 0.846. The molecule has 0 aliphatic heterocycles. The number of rotatable bonds is 4. The van der Waals surface area contributed by atoms with Crippen molar-refractivity contribution in [1.29, 1.82) is 0 Å². The van der Waals surface area contributed by atoms with E-state index in [1.54, 1.807) is 0 Å². The second-order valence-electron chi connectivity index (χ2n) is 4.97. The van der Waals surface area contributed by atoms with Crippen LogP contribution in [0.1, 0.15) is 69.1 Å². The summed E-state index contributed by atoms with van der Waals surface area (Å²) in [4.78, 5) is 0. The topological polar surface area (TPSA) is 64.9 Å². The van der Waals surface area contributed by atoms with Crippen LogP contribution in [-0.2, 0) is 6.42 Å². The summed E-state index contributed by atoms with van der Waals surface area (Å²) in [6.07, 6.45) is 10.8. The van der Waals surface area contributed by atoms with Gasteiger partial charge in [-0.15, -0.1) is 10.2 Å². The summed E-state index contributed by atoms with van der Waals surface area (Å²) in [7, 11) is 0. The standard InChI is InChI=1S/C13H23N3O/c14-10-6-9-12-15-16-13(17-12)11-7-4-2-1-3-5-8-11/h11H,1-10,14H2. The molecule has 0 unspecified atom stereocenters. The number of hydrogen-bond acceptors (Lipinski definition) is 4. The lowest BCUT2D eigenvalue weighted by molar-refractivity contribution is 0.362. The minimum absolute atomic E-state index is 0.495. The highest BCUT2D eigenvalue weighted by Crippen LogP contribution is 2.30. The maximum absolute atomic E-state index is 5.74. The van der Waals surface area contributed by atoms with E-state index < -0.39 is 0 Å². The molecule has 0 radical (unpaired) electrons. The maximum Gasteiger partial charge on any atom is 0.219 e. The van der Waals surface area contributed by atoms with Gasteiger partial charge in [0.2, 0.25) is 11.8 Å². The third-order valence-electron chi connectivity index (χ3n) is 3.53. The molecular weight excluding hydrogens is 214 g/mol. The van der Waals surface area contributed by atoms with Gasteiger partial charge in [-0.1, -0.05) is 32.1 Å². The maximum atomic E-state index is 5.74. The fourth-order valence-electron chi connectivity index (χ4n) is 2.49. The molecule has 1 aromatic rings. The van der Waals surface area contributed by atoms with Crippen molar-refractivity contribution in [1.82, 2.24) is 10.2 Å². The second-order valence-corrected chi connectivity index (χ2v) is 4.97. The van der Waals surface area contributed by atoms with Gasteiger partial charge in [0.15, 0.2) is 0 Å². The van der Waals surface area contributed by atoms with Crippen LogP contribution in [0.5, 0.6) is 0 Å². The Kier molecular flexibility index (Phi) is 4.98. The monoisotopic (exact) mass is 237 g/mol. The molecule has 0 spiro atoms. The predicted octanol–water partition coefficient (Wildman–Crippen LogP) is 2.79. The Morgan fingerprint density at radius 1 is 1.06 bits per heavy atom. The SMILES string of the molecule is NCCCc1nnc(C2CCCCCCC2)o1. The van der Waals surface area contributed by atoms with Gasteiger partial charge in [0.1, 0.15) is 0 Å². The minimum atomic E-state index is 0.495. The van der Waals surface area contributed by atoms with Gasteiger partial charge in [-0.2, -0.15) is 0 Å². The third kappa shape index (κ3) is 3.80. The van der Waals surface area contributed by atoms with Crippen LogP contribution in [0, 0.1) is 0 Å². The molecule has 0 atom stereocenters. The van der Waals surface area contributed by atoms with Crippen molar-refractivity contribution in [3.05, 3.63) is 11.8 Å². The minimum Gasteiger partial charge on any atom is -0.425 e. The molecule has 1 saturated carbocycles. The smallest absolute Gasteiger partial charge is 0.219 e. The average Bonchev–Trinajstić information content (AvgIpc) is 2.74. The Hall–Kier alpha value is -0.900. The van der Waals surface area contributed by atoms with E-state index >= 15 is 0 Å². The molecule has 2 N–H and O–H groups in total. The Balaban J connectivity index is 1.92. The molecule has 1 heterocycles. The van der Waals surface area contributed by atoms with Crippen molar-refractivity contribution in [3.63, 3.8) is 0 Å². The summed E-state index contributed by atoms with van der Waals surface area (Å²) in [6, 6.07) is 0. The number of nitrogens with zero attached hydrogens (tertiary/aromatic N) is 2. The first-order valence-electron chi connectivity index (χ1n) is 6.92. The first-order chi connectivity index (χ1) is 8.40. The van der Waals surface area contributed by atoms with Gasteiger partial charge in [0, 0.05) is 12.3 Å². The third-order valence-corrected chi connectivity index (χ3v) is 3.53. The molecule has 0 aromatic carbocycles. The summed E-state index contributed by atoms with van der Waals surface area (Å²) in [5.74, 6) is 2.11. The number of aromatic nitrogens is 2. The fourth-order valence-corrected chi connectivity index (χ4v) is 2.49. The lowest BCUT2D eigenvalue weighted by atomic mass is 9.91. The highest BCUT2D eigenvalue weighted by molar-refractivity contribution is 4.92. The number of aryl methyl sites for hydroxylation is 1. The van der Waals surface area contributed by atoms with Gasteiger partial charge < -0.3 is 10.2 Å². The van der Waals surface area contributed by atoms with Crippen LogP contribution < -0.4 is 5.73 Å². The molecule has 1 aromatic heterocycles. The van der Waals surface area contributed by atoms with E-state index in [-0.39, 0.29) is 0 Å². The largest absolute Gasteiger partial charge is 0.425 e. The van der Waals surface area contributed by atoms with E-state index in [1.807, 2.05) is 0 Å². The highest BCUT2D eigenvalue weighted by atomic mass is 16.4. The van der Waals surface area contributed by atoms with Crippen LogP contribution in [0.2, 0.25) is 0 Å². The molecule has 2 rings (SSSR count). The second kappa shape index (κ2) is 6.74. The van der Waals surface area contributed by atoms with Crippen molar-refractivity contribution in [3.8, 4) is 0 Å². The Morgan fingerprint density at radius 3 is 2.47 bits per heavy atom. The molecule has 0 saturated heterocycles. The van der Waals surface area contributed by atoms with Crippen molar-refractivity contribution in [2.75, 3.05) is 6.54 Å². The number of nitrogens with two attached hydrogens (primary N) is 1. The average molecular weight is 237 g/mol. The normalized spacial score (nSPS) is 18.9.